The van der Waals surface area contributed by atoms with Crippen molar-refractivity contribution in [2.24, 2.45) is 0 Å². The molecule has 37 heavy (non-hydrogen) atoms. The number of hydrogen-bond donors (Lipinski definition) is 1. The molecule has 4 amide bonds. The van der Waals surface area contributed by atoms with Gasteiger partial charge in [-0.05, 0) is 67.2 Å². The average Bonchev–Trinajstić information content (AvgIpc) is 3.12. The van der Waals surface area contributed by atoms with E-state index in [0.29, 0.717) is 33.7 Å². The molecule has 0 atom stereocenters. The lowest BCUT2D eigenvalue weighted by Gasteiger charge is -2.29. The van der Waals surface area contributed by atoms with Gasteiger partial charge in [-0.3, -0.25) is 34.3 Å². The number of hydrogen-bond acceptors (Lipinski definition) is 6. The summed E-state index contributed by atoms with van der Waals surface area (Å²) < 4.78 is 5.45. The largest absolute Gasteiger partial charge is 0.496 e. The zero-order valence-corrected chi connectivity index (χ0v) is 20.8. The number of imide groups is 1. The number of anilines is 1. The summed E-state index contributed by atoms with van der Waals surface area (Å²) in [5.41, 5.74) is 3.20. The van der Waals surface area contributed by atoms with E-state index < -0.39 is 23.6 Å². The van der Waals surface area contributed by atoms with Gasteiger partial charge in [0.05, 0.1) is 30.5 Å². The highest BCUT2D eigenvalue weighted by atomic mass is 32.1. The number of ether oxygens (including phenoxy) is 1. The van der Waals surface area contributed by atoms with E-state index in [0.717, 1.165) is 10.5 Å². The molecule has 3 aromatic rings. The lowest BCUT2D eigenvalue weighted by atomic mass is 10.0. The van der Waals surface area contributed by atoms with Gasteiger partial charge in [0.25, 0.3) is 23.6 Å². The minimum Gasteiger partial charge on any atom is -0.496 e. The third kappa shape index (κ3) is 4.30. The first-order chi connectivity index (χ1) is 17.8. The van der Waals surface area contributed by atoms with Gasteiger partial charge < -0.3 is 4.74 Å². The summed E-state index contributed by atoms with van der Waals surface area (Å²) >= 11 is 5.26. The predicted molar refractivity (Wildman–Crippen MR) is 141 cm³/mol. The van der Waals surface area contributed by atoms with Gasteiger partial charge in [-0.1, -0.05) is 35.9 Å². The maximum Gasteiger partial charge on any atom is 0.270 e. The van der Waals surface area contributed by atoms with Crippen LogP contribution in [0.25, 0.3) is 6.08 Å². The number of thiocarbonyl (C=S) groups is 1. The molecule has 1 fully saturated rings. The second-order valence-electron chi connectivity index (χ2n) is 8.61. The molecule has 3 aromatic carbocycles. The SMILES string of the molecule is COc1ccc(/C=C2\C(=O)NC(=S)N(c3ccc(C)cc3)C2=O)cc1CN1C(=O)c2ccccc2C1=O. The number of rotatable bonds is 5. The fraction of sp³-hybridized carbons (Fsp3) is 0.107. The molecule has 0 bridgehead atoms. The Hall–Kier alpha value is -4.63. The van der Waals surface area contributed by atoms with Crippen LogP contribution in [-0.2, 0) is 16.1 Å². The van der Waals surface area contributed by atoms with Gasteiger partial charge in [0.15, 0.2) is 5.11 Å². The Bertz CT molecular complexity index is 1490. The molecule has 8 nitrogen and oxygen atoms in total. The van der Waals surface area contributed by atoms with Gasteiger partial charge in [-0.15, -0.1) is 0 Å². The summed E-state index contributed by atoms with van der Waals surface area (Å²) in [5.74, 6) is -1.50. The Morgan fingerprint density at radius 2 is 1.54 bits per heavy atom. The summed E-state index contributed by atoms with van der Waals surface area (Å²) in [6, 6.07) is 18.9. The molecule has 0 saturated carbocycles. The van der Waals surface area contributed by atoms with E-state index >= 15 is 0 Å². The van der Waals surface area contributed by atoms with Crippen LogP contribution in [0.5, 0.6) is 5.75 Å². The molecule has 2 heterocycles. The van der Waals surface area contributed by atoms with Crippen molar-refractivity contribution < 1.29 is 23.9 Å². The summed E-state index contributed by atoms with van der Waals surface area (Å²) in [4.78, 5) is 54.2. The van der Waals surface area contributed by atoms with Crippen LogP contribution < -0.4 is 15.0 Å². The van der Waals surface area contributed by atoms with E-state index in [1.54, 1.807) is 54.6 Å². The summed E-state index contributed by atoms with van der Waals surface area (Å²) in [6.07, 6.45) is 1.45. The molecule has 1 N–H and O–H groups in total. The molecule has 0 spiro atoms. The zero-order chi connectivity index (χ0) is 26.3. The van der Waals surface area contributed by atoms with Gasteiger partial charge in [-0.2, -0.15) is 0 Å². The molecular formula is C28H21N3O5S. The maximum absolute atomic E-state index is 13.3. The molecular weight excluding hydrogens is 490 g/mol. The zero-order valence-electron chi connectivity index (χ0n) is 20.0. The highest BCUT2D eigenvalue weighted by molar-refractivity contribution is 7.80. The van der Waals surface area contributed by atoms with Crippen LogP contribution >= 0.6 is 12.2 Å². The second kappa shape index (κ2) is 9.44. The van der Waals surface area contributed by atoms with Gasteiger partial charge in [0, 0.05) is 5.56 Å². The van der Waals surface area contributed by atoms with Crippen LogP contribution in [0, 0.1) is 6.92 Å². The molecule has 2 aliphatic heterocycles. The smallest absolute Gasteiger partial charge is 0.270 e. The van der Waals surface area contributed by atoms with E-state index in [1.807, 2.05) is 19.1 Å². The lowest BCUT2D eigenvalue weighted by Crippen LogP contribution is -2.54. The van der Waals surface area contributed by atoms with E-state index in [4.69, 9.17) is 17.0 Å². The molecule has 9 heteroatoms. The van der Waals surface area contributed by atoms with Crippen LogP contribution in [-0.4, -0.2) is 40.8 Å². The minimum atomic E-state index is -0.615. The Kier molecular flexibility index (Phi) is 6.14. The monoisotopic (exact) mass is 511 g/mol. The first kappa shape index (κ1) is 24.1. The van der Waals surface area contributed by atoms with Gasteiger partial charge in [-0.25, -0.2) is 0 Å². The summed E-state index contributed by atoms with van der Waals surface area (Å²) in [5, 5.41) is 2.57. The summed E-state index contributed by atoms with van der Waals surface area (Å²) in [6.45, 7) is 1.89. The summed E-state index contributed by atoms with van der Waals surface area (Å²) in [7, 11) is 1.48. The minimum absolute atomic E-state index is 0.00273. The Morgan fingerprint density at radius 3 is 2.16 bits per heavy atom. The van der Waals surface area contributed by atoms with E-state index in [2.05, 4.69) is 5.32 Å². The van der Waals surface area contributed by atoms with Crippen LogP contribution in [0.15, 0.2) is 72.3 Å². The first-order valence-corrected chi connectivity index (χ1v) is 11.8. The standard InChI is InChI=1S/C28H21N3O5S/c1-16-7-10-19(11-8-16)31-27(35)22(24(32)29-28(31)37)14-17-9-12-23(36-2)18(13-17)15-30-25(33)20-5-3-4-6-21(20)26(30)34/h3-14H,15H2,1-2H3,(H,29,32,37)/b22-14+. The number of nitrogens with zero attached hydrogens (tertiary/aromatic N) is 2. The van der Waals surface area contributed by atoms with Crippen molar-refractivity contribution in [3.05, 3.63) is 100 Å². The average molecular weight is 512 g/mol. The predicted octanol–water partition coefficient (Wildman–Crippen LogP) is 3.63. The Balaban J connectivity index is 1.47. The van der Waals surface area contributed by atoms with Crippen molar-refractivity contribution in [1.82, 2.24) is 10.2 Å². The molecule has 0 aliphatic carbocycles. The normalized spacial score (nSPS) is 16.4. The number of carbonyl (C=O) groups excluding carboxylic acids is 4. The molecule has 0 unspecified atom stereocenters. The molecule has 184 valence electrons. The van der Waals surface area contributed by atoms with Crippen LogP contribution in [0.1, 0.15) is 37.4 Å². The quantitative estimate of drug-likeness (QED) is 0.243. The molecule has 0 radical (unpaired) electrons. The fourth-order valence-corrected chi connectivity index (χ4v) is 4.60. The first-order valence-electron chi connectivity index (χ1n) is 11.4. The molecule has 0 aromatic heterocycles. The third-order valence-corrected chi connectivity index (χ3v) is 6.50. The van der Waals surface area contributed by atoms with E-state index in [-0.39, 0.29) is 17.2 Å². The number of nitrogens with one attached hydrogen (secondary N) is 1. The number of methoxy groups -OCH3 is 1. The molecule has 1 saturated heterocycles. The Morgan fingerprint density at radius 1 is 0.892 bits per heavy atom. The van der Waals surface area contributed by atoms with Crippen molar-refractivity contribution >= 4 is 52.7 Å². The molecule has 2 aliphatic rings. The van der Waals surface area contributed by atoms with Crippen LogP contribution in [0.4, 0.5) is 5.69 Å². The van der Waals surface area contributed by atoms with Crippen molar-refractivity contribution in [3.63, 3.8) is 0 Å². The fourth-order valence-electron chi connectivity index (χ4n) is 4.32. The Labute approximate surface area is 218 Å². The highest BCUT2D eigenvalue weighted by Gasteiger charge is 2.36. The van der Waals surface area contributed by atoms with Crippen LogP contribution in [0.2, 0.25) is 0 Å². The van der Waals surface area contributed by atoms with Gasteiger partial charge in [0.2, 0.25) is 0 Å². The van der Waals surface area contributed by atoms with Gasteiger partial charge in [0.1, 0.15) is 11.3 Å². The van der Waals surface area contributed by atoms with Crippen molar-refractivity contribution in [2.75, 3.05) is 12.0 Å². The maximum atomic E-state index is 13.3. The van der Waals surface area contributed by atoms with Gasteiger partial charge >= 0.3 is 0 Å². The number of aryl methyl sites for hydroxylation is 1. The topological polar surface area (TPSA) is 96.0 Å². The third-order valence-electron chi connectivity index (χ3n) is 6.22. The number of carbonyl (C=O) groups is 4. The van der Waals surface area contributed by atoms with E-state index in [9.17, 15) is 19.2 Å². The second-order valence-corrected chi connectivity index (χ2v) is 8.99. The van der Waals surface area contributed by atoms with E-state index in [1.165, 1.54) is 18.1 Å². The lowest BCUT2D eigenvalue weighted by molar-refractivity contribution is -0.122. The van der Waals surface area contributed by atoms with Crippen LogP contribution in [0.3, 0.4) is 0 Å². The number of fused-ring (bicyclic) bond motifs is 1. The number of amides is 4. The number of benzene rings is 3. The van der Waals surface area contributed by atoms with Crippen molar-refractivity contribution in [1.29, 1.82) is 0 Å². The van der Waals surface area contributed by atoms with Crippen molar-refractivity contribution in [3.8, 4) is 5.75 Å². The molecule has 5 rings (SSSR count). The highest BCUT2D eigenvalue weighted by Crippen LogP contribution is 2.29. The van der Waals surface area contributed by atoms with Crippen molar-refractivity contribution in [2.45, 2.75) is 13.5 Å².